The average molecular weight is 484 g/mol. The molecule has 0 amide bonds. The summed E-state index contributed by atoms with van der Waals surface area (Å²) >= 11 is 0. The maximum absolute atomic E-state index is 5.99. The van der Waals surface area contributed by atoms with Crippen LogP contribution in [0.25, 0.3) is 0 Å². The molecule has 0 radical (unpaired) electrons. The minimum absolute atomic E-state index is 0.131. The summed E-state index contributed by atoms with van der Waals surface area (Å²) in [6.45, 7) is 5.95. The number of ether oxygens (including phenoxy) is 1. The summed E-state index contributed by atoms with van der Waals surface area (Å²) in [5.41, 5.74) is 7.23. The van der Waals surface area contributed by atoms with Crippen LogP contribution in [-0.2, 0) is 18.6 Å². The Hall–Kier alpha value is -4.30. The number of anilines is 2. The van der Waals surface area contributed by atoms with E-state index in [2.05, 4.69) is 140 Å². The van der Waals surface area contributed by atoms with Gasteiger partial charge in [-0.3, -0.25) is 0 Å². The lowest BCUT2D eigenvalue weighted by Crippen LogP contribution is -2.20. The zero-order valence-corrected chi connectivity index (χ0v) is 21.5. The molecule has 5 aromatic carbocycles. The van der Waals surface area contributed by atoms with E-state index in [4.69, 9.17) is 4.74 Å². The number of para-hydroxylation sites is 1. The molecule has 0 aromatic heterocycles. The molecule has 5 aromatic rings. The largest absolute Gasteiger partial charge is 0.489 e. The lowest BCUT2D eigenvalue weighted by atomic mass is 9.78. The molecule has 0 bridgehead atoms. The Bertz CT molecular complexity index is 1380. The Morgan fingerprint density at radius 1 is 0.514 bits per heavy atom. The summed E-state index contributed by atoms with van der Waals surface area (Å²) in [6, 6.07) is 49.0. The van der Waals surface area contributed by atoms with Crippen LogP contribution in [0.3, 0.4) is 0 Å². The molecule has 0 N–H and O–H groups in total. The summed E-state index contributed by atoms with van der Waals surface area (Å²) in [5.74, 6) is 0.887. The Labute approximate surface area is 220 Å². The van der Waals surface area contributed by atoms with Gasteiger partial charge >= 0.3 is 0 Å². The number of hydrogen-bond acceptors (Lipinski definition) is 2. The van der Waals surface area contributed by atoms with E-state index >= 15 is 0 Å². The fraction of sp³-hybridized carbons (Fsp3) is 0.143. The number of rotatable bonds is 9. The molecule has 0 aliphatic carbocycles. The molecule has 0 spiro atoms. The first-order valence-corrected chi connectivity index (χ1v) is 12.8. The van der Waals surface area contributed by atoms with Gasteiger partial charge in [-0.05, 0) is 58.7 Å². The molecular weight excluding hydrogens is 450 g/mol. The predicted octanol–water partition coefficient (Wildman–Crippen LogP) is 8.93. The molecule has 0 saturated carbocycles. The normalized spacial score (nSPS) is 11.2. The van der Waals surface area contributed by atoms with E-state index in [-0.39, 0.29) is 5.41 Å². The highest BCUT2D eigenvalue weighted by Gasteiger charge is 2.23. The van der Waals surface area contributed by atoms with E-state index in [0.717, 1.165) is 12.3 Å². The van der Waals surface area contributed by atoms with Gasteiger partial charge in [0.2, 0.25) is 0 Å². The van der Waals surface area contributed by atoms with Gasteiger partial charge in [-0.2, -0.15) is 0 Å². The third-order valence-electron chi connectivity index (χ3n) is 6.98. The fourth-order valence-corrected chi connectivity index (χ4v) is 4.64. The molecule has 0 unspecified atom stereocenters. The second-order valence-electron chi connectivity index (χ2n) is 9.88. The Morgan fingerprint density at radius 3 is 1.54 bits per heavy atom. The van der Waals surface area contributed by atoms with Crippen LogP contribution >= 0.6 is 0 Å². The van der Waals surface area contributed by atoms with Crippen LogP contribution in [0.15, 0.2) is 140 Å². The minimum atomic E-state index is -0.131. The van der Waals surface area contributed by atoms with Crippen molar-refractivity contribution in [2.24, 2.45) is 0 Å². The number of hydrogen-bond donors (Lipinski definition) is 0. The number of benzene rings is 5. The summed E-state index contributed by atoms with van der Waals surface area (Å²) in [7, 11) is 0. The molecule has 184 valence electrons. The van der Waals surface area contributed by atoms with Crippen molar-refractivity contribution in [3.05, 3.63) is 162 Å². The van der Waals surface area contributed by atoms with Crippen LogP contribution in [-0.4, -0.2) is 0 Å². The molecule has 0 aliphatic rings. The molecule has 2 heteroatoms. The van der Waals surface area contributed by atoms with E-state index in [1.54, 1.807) is 0 Å². The third kappa shape index (κ3) is 5.92. The molecular formula is C35H33NO. The SMILES string of the molecule is CC(C)(c1ccc(OCc2ccccc2)cc1)c1ccc(N(Cc2ccccc2)c2ccccc2)cc1. The third-order valence-corrected chi connectivity index (χ3v) is 6.98. The monoisotopic (exact) mass is 483 g/mol. The first kappa shape index (κ1) is 24.4. The highest BCUT2D eigenvalue weighted by Crippen LogP contribution is 2.35. The molecule has 0 heterocycles. The van der Waals surface area contributed by atoms with E-state index in [9.17, 15) is 0 Å². The van der Waals surface area contributed by atoms with Crippen molar-refractivity contribution in [3.8, 4) is 5.75 Å². The van der Waals surface area contributed by atoms with Crippen molar-refractivity contribution in [3.63, 3.8) is 0 Å². The smallest absolute Gasteiger partial charge is 0.119 e. The maximum atomic E-state index is 5.99. The Balaban J connectivity index is 1.33. The average Bonchev–Trinajstić information content (AvgIpc) is 2.97. The van der Waals surface area contributed by atoms with Gasteiger partial charge in [0.1, 0.15) is 12.4 Å². The van der Waals surface area contributed by atoms with Crippen LogP contribution in [0.5, 0.6) is 5.75 Å². The second kappa shape index (κ2) is 11.2. The van der Waals surface area contributed by atoms with Crippen LogP contribution in [0.2, 0.25) is 0 Å². The topological polar surface area (TPSA) is 12.5 Å². The van der Waals surface area contributed by atoms with Crippen LogP contribution in [0.1, 0.15) is 36.1 Å². The fourth-order valence-electron chi connectivity index (χ4n) is 4.64. The molecule has 0 saturated heterocycles. The summed E-state index contributed by atoms with van der Waals surface area (Å²) in [6.07, 6.45) is 0. The van der Waals surface area contributed by atoms with Gasteiger partial charge < -0.3 is 9.64 Å². The molecule has 0 aliphatic heterocycles. The molecule has 0 fully saturated rings. The molecule has 37 heavy (non-hydrogen) atoms. The van der Waals surface area contributed by atoms with Crippen LogP contribution < -0.4 is 9.64 Å². The lowest BCUT2D eigenvalue weighted by molar-refractivity contribution is 0.306. The van der Waals surface area contributed by atoms with Crippen molar-refractivity contribution in [1.82, 2.24) is 0 Å². The van der Waals surface area contributed by atoms with Crippen LogP contribution in [0.4, 0.5) is 11.4 Å². The minimum Gasteiger partial charge on any atom is -0.489 e. The van der Waals surface area contributed by atoms with Crippen molar-refractivity contribution < 1.29 is 4.74 Å². The predicted molar refractivity (Wildman–Crippen MR) is 155 cm³/mol. The molecule has 2 nitrogen and oxygen atoms in total. The quantitative estimate of drug-likeness (QED) is 0.207. The van der Waals surface area contributed by atoms with Gasteiger partial charge in [-0.1, -0.05) is 117 Å². The van der Waals surface area contributed by atoms with Gasteiger partial charge in [0.05, 0.1) is 0 Å². The van der Waals surface area contributed by atoms with Gasteiger partial charge in [0, 0.05) is 23.3 Å². The summed E-state index contributed by atoms with van der Waals surface area (Å²) < 4.78 is 5.99. The number of nitrogens with zero attached hydrogens (tertiary/aromatic N) is 1. The van der Waals surface area contributed by atoms with E-state index in [1.807, 2.05) is 18.2 Å². The Kier molecular flexibility index (Phi) is 7.37. The summed E-state index contributed by atoms with van der Waals surface area (Å²) in [4.78, 5) is 2.37. The zero-order chi connectivity index (χ0) is 25.5. The second-order valence-corrected chi connectivity index (χ2v) is 9.88. The van der Waals surface area contributed by atoms with Crippen molar-refractivity contribution in [2.45, 2.75) is 32.4 Å². The van der Waals surface area contributed by atoms with Crippen molar-refractivity contribution >= 4 is 11.4 Å². The maximum Gasteiger partial charge on any atom is 0.119 e. The molecule has 5 rings (SSSR count). The van der Waals surface area contributed by atoms with Crippen molar-refractivity contribution in [2.75, 3.05) is 4.90 Å². The lowest BCUT2D eigenvalue weighted by Gasteiger charge is -2.29. The van der Waals surface area contributed by atoms with E-state index in [1.165, 1.54) is 33.6 Å². The van der Waals surface area contributed by atoms with Gasteiger partial charge in [0.15, 0.2) is 0 Å². The van der Waals surface area contributed by atoms with E-state index < -0.39 is 0 Å². The summed E-state index contributed by atoms with van der Waals surface area (Å²) in [5, 5.41) is 0. The van der Waals surface area contributed by atoms with Crippen LogP contribution in [0, 0.1) is 0 Å². The highest BCUT2D eigenvalue weighted by atomic mass is 16.5. The first-order chi connectivity index (χ1) is 18.1. The van der Waals surface area contributed by atoms with Gasteiger partial charge in [0.25, 0.3) is 0 Å². The highest BCUT2D eigenvalue weighted by molar-refractivity contribution is 5.64. The zero-order valence-electron chi connectivity index (χ0n) is 21.5. The molecule has 0 atom stereocenters. The van der Waals surface area contributed by atoms with Gasteiger partial charge in [-0.25, -0.2) is 0 Å². The van der Waals surface area contributed by atoms with E-state index in [0.29, 0.717) is 6.61 Å². The van der Waals surface area contributed by atoms with Gasteiger partial charge in [-0.15, -0.1) is 0 Å². The Morgan fingerprint density at radius 2 is 0.973 bits per heavy atom. The first-order valence-electron chi connectivity index (χ1n) is 12.8. The van der Waals surface area contributed by atoms with Crippen molar-refractivity contribution in [1.29, 1.82) is 0 Å². The standard InChI is InChI=1S/C35H33NO/c1-35(2,31-20-24-34(25-21-31)37-27-29-14-8-4-9-15-29)30-18-22-33(23-19-30)36(32-16-10-5-11-17-32)26-28-12-6-3-7-13-28/h3-25H,26-27H2,1-2H3.